The van der Waals surface area contributed by atoms with Gasteiger partial charge in [-0.05, 0) is 20.2 Å². The van der Waals surface area contributed by atoms with Gasteiger partial charge in [-0.3, -0.25) is 9.59 Å². The minimum atomic E-state index is -0.222. The molecule has 1 saturated heterocycles. The summed E-state index contributed by atoms with van der Waals surface area (Å²) in [5, 5.41) is 3.20. The molecular weight excluding hydrogens is 360 g/mol. The van der Waals surface area contributed by atoms with E-state index in [0.717, 1.165) is 12.1 Å². The number of methoxy groups -OCH3 is 1. The Kier molecular flexibility index (Phi) is 6.05. The highest BCUT2D eigenvalue weighted by Crippen LogP contribution is 2.21. The summed E-state index contributed by atoms with van der Waals surface area (Å²) in [7, 11) is 5.43. The van der Waals surface area contributed by atoms with Gasteiger partial charge in [0.25, 0.3) is 5.56 Å². The Bertz CT molecular complexity index is 918. The monoisotopic (exact) mass is 384 g/mol. The van der Waals surface area contributed by atoms with Crippen molar-refractivity contribution in [3.05, 3.63) is 47.2 Å². The third-order valence-corrected chi connectivity index (χ3v) is 4.33. The lowest BCUT2D eigenvalue weighted by Gasteiger charge is -2.39. The van der Waals surface area contributed by atoms with E-state index >= 15 is 0 Å². The summed E-state index contributed by atoms with van der Waals surface area (Å²) in [6.07, 6.45) is 6.44. The van der Waals surface area contributed by atoms with Crippen LogP contribution in [0.5, 0.6) is 5.88 Å². The second-order valence-electron chi connectivity index (χ2n) is 6.83. The summed E-state index contributed by atoms with van der Waals surface area (Å²) < 4.78 is 5.11. The first-order valence-corrected chi connectivity index (χ1v) is 8.92. The molecule has 148 valence electrons. The number of carbonyl (C=O) groups excluding carboxylic acids is 1. The van der Waals surface area contributed by atoms with Gasteiger partial charge < -0.3 is 24.8 Å². The van der Waals surface area contributed by atoms with Gasteiger partial charge >= 0.3 is 0 Å². The number of ether oxygens (including phenoxy) is 1. The molecule has 1 aliphatic heterocycles. The minimum absolute atomic E-state index is 0.0179. The number of likely N-dealkylation sites (tertiary alicyclic amines) is 1. The second-order valence-corrected chi connectivity index (χ2v) is 6.83. The van der Waals surface area contributed by atoms with Gasteiger partial charge in [-0.1, -0.05) is 6.08 Å². The molecule has 9 nitrogen and oxygen atoms in total. The van der Waals surface area contributed by atoms with E-state index in [1.54, 1.807) is 29.3 Å². The van der Waals surface area contributed by atoms with Crippen LogP contribution in [0.1, 0.15) is 0 Å². The van der Waals surface area contributed by atoms with Crippen molar-refractivity contribution in [3.8, 4) is 17.1 Å². The predicted octanol–water partition coefficient (Wildman–Crippen LogP) is 0.581. The molecule has 2 aromatic heterocycles. The predicted molar refractivity (Wildman–Crippen MR) is 106 cm³/mol. The molecule has 0 atom stereocenters. The van der Waals surface area contributed by atoms with Gasteiger partial charge in [0.05, 0.1) is 18.8 Å². The Labute approximate surface area is 163 Å². The van der Waals surface area contributed by atoms with E-state index < -0.39 is 0 Å². The Balaban J connectivity index is 1.62. The van der Waals surface area contributed by atoms with E-state index in [1.165, 1.54) is 13.4 Å². The fourth-order valence-electron chi connectivity index (χ4n) is 2.79. The van der Waals surface area contributed by atoms with Crippen LogP contribution < -0.4 is 15.6 Å². The van der Waals surface area contributed by atoms with Crippen LogP contribution in [0.3, 0.4) is 0 Å². The summed E-state index contributed by atoms with van der Waals surface area (Å²) in [5.41, 5.74) is 1.60. The molecule has 0 spiro atoms. The summed E-state index contributed by atoms with van der Waals surface area (Å²) in [5.74, 6) is 0.428. The molecule has 0 aliphatic carbocycles. The number of pyridine rings is 1. The molecule has 3 rings (SSSR count). The Morgan fingerprint density at radius 2 is 2.18 bits per heavy atom. The number of anilines is 1. The van der Waals surface area contributed by atoms with E-state index in [-0.39, 0.29) is 17.5 Å². The fourth-order valence-corrected chi connectivity index (χ4v) is 2.79. The molecule has 0 bridgehead atoms. The zero-order chi connectivity index (χ0) is 20.1. The average molecular weight is 384 g/mol. The maximum Gasteiger partial charge on any atom is 0.271 e. The summed E-state index contributed by atoms with van der Waals surface area (Å²) in [6, 6.07) is 3.46. The minimum Gasteiger partial charge on any atom is -0.481 e. The third kappa shape index (κ3) is 4.74. The van der Waals surface area contributed by atoms with Crippen molar-refractivity contribution in [2.45, 2.75) is 6.04 Å². The number of aromatic nitrogens is 3. The van der Waals surface area contributed by atoms with Gasteiger partial charge in [0.15, 0.2) is 0 Å². The number of H-pyrrole nitrogens is 1. The molecule has 0 aromatic carbocycles. The molecular formula is C19H24N6O3. The second kappa shape index (κ2) is 8.66. The smallest absolute Gasteiger partial charge is 0.271 e. The lowest BCUT2D eigenvalue weighted by atomic mass is 10.1. The standard InChI is InChI=1S/C19H24N6O3/c1-24(2)6-4-5-18(26)25-10-14(11-25)23-16-7-13(9-20-19(16)27)15-8-17(28-3)22-12-21-15/h4-5,7-9,12,14,23H,6,10-11H2,1-3H3,(H,20,27)/b5-4+. The number of nitrogens with one attached hydrogen (secondary N) is 2. The van der Waals surface area contributed by atoms with Crippen LogP contribution in [0.25, 0.3) is 11.3 Å². The van der Waals surface area contributed by atoms with E-state index in [0.29, 0.717) is 30.4 Å². The number of aromatic amines is 1. The zero-order valence-corrected chi connectivity index (χ0v) is 16.2. The van der Waals surface area contributed by atoms with Crippen molar-refractivity contribution in [1.82, 2.24) is 24.8 Å². The Morgan fingerprint density at radius 3 is 2.89 bits per heavy atom. The Hall–Kier alpha value is -3.20. The number of nitrogens with zero attached hydrogens (tertiary/aromatic N) is 4. The SMILES string of the molecule is COc1cc(-c2c[nH]c(=O)c(NC3CN(C(=O)/C=C/CN(C)C)C3)c2)ncn1. The summed E-state index contributed by atoms with van der Waals surface area (Å²) >= 11 is 0. The molecule has 2 aromatic rings. The van der Waals surface area contributed by atoms with E-state index in [9.17, 15) is 9.59 Å². The summed E-state index contributed by atoms with van der Waals surface area (Å²) in [6.45, 7) is 1.82. The van der Waals surface area contributed by atoms with Gasteiger partial charge in [-0.15, -0.1) is 0 Å². The van der Waals surface area contributed by atoms with Crippen molar-refractivity contribution in [2.75, 3.05) is 46.2 Å². The maximum atomic E-state index is 12.2. The fraction of sp³-hybridized carbons (Fsp3) is 0.368. The maximum absolute atomic E-state index is 12.2. The van der Waals surface area contributed by atoms with E-state index in [1.807, 2.05) is 25.1 Å². The third-order valence-electron chi connectivity index (χ3n) is 4.33. The van der Waals surface area contributed by atoms with Crippen molar-refractivity contribution in [3.63, 3.8) is 0 Å². The first-order valence-electron chi connectivity index (χ1n) is 8.92. The number of carbonyl (C=O) groups is 1. The topological polar surface area (TPSA) is 103 Å². The largest absolute Gasteiger partial charge is 0.481 e. The van der Waals surface area contributed by atoms with Gasteiger partial charge in [0.1, 0.15) is 12.0 Å². The molecule has 28 heavy (non-hydrogen) atoms. The quantitative estimate of drug-likeness (QED) is 0.673. The van der Waals surface area contributed by atoms with Crippen LogP contribution in [0.4, 0.5) is 5.69 Å². The van der Waals surface area contributed by atoms with Gasteiger partial charge in [-0.25, -0.2) is 9.97 Å². The lowest BCUT2D eigenvalue weighted by Crippen LogP contribution is -2.57. The van der Waals surface area contributed by atoms with E-state index in [2.05, 4.69) is 20.3 Å². The molecule has 0 unspecified atom stereocenters. The van der Waals surface area contributed by atoms with Crippen LogP contribution in [0.2, 0.25) is 0 Å². The number of amides is 1. The van der Waals surface area contributed by atoms with Gasteiger partial charge in [0, 0.05) is 43.5 Å². The Morgan fingerprint density at radius 1 is 1.39 bits per heavy atom. The molecule has 2 N–H and O–H groups in total. The molecule has 1 fully saturated rings. The normalized spacial score (nSPS) is 14.4. The number of rotatable bonds is 7. The zero-order valence-electron chi connectivity index (χ0n) is 16.2. The number of likely N-dealkylation sites (N-methyl/N-ethyl adjacent to an activating group) is 1. The highest BCUT2D eigenvalue weighted by molar-refractivity contribution is 5.88. The van der Waals surface area contributed by atoms with Crippen LogP contribution >= 0.6 is 0 Å². The number of hydrogen-bond acceptors (Lipinski definition) is 7. The van der Waals surface area contributed by atoms with Crippen LogP contribution in [0, 0.1) is 0 Å². The van der Waals surface area contributed by atoms with Gasteiger partial charge in [-0.2, -0.15) is 0 Å². The highest BCUT2D eigenvalue weighted by Gasteiger charge is 2.29. The van der Waals surface area contributed by atoms with E-state index in [4.69, 9.17) is 4.74 Å². The molecule has 0 radical (unpaired) electrons. The first kappa shape index (κ1) is 19.6. The molecule has 0 saturated carbocycles. The highest BCUT2D eigenvalue weighted by atomic mass is 16.5. The molecule has 1 amide bonds. The average Bonchev–Trinajstić information content (AvgIpc) is 2.65. The molecule has 1 aliphatic rings. The van der Waals surface area contributed by atoms with Crippen LogP contribution in [-0.2, 0) is 4.79 Å². The number of hydrogen-bond donors (Lipinski definition) is 2. The van der Waals surface area contributed by atoms with Crippen LogP contribution in [-0.4, -0.2) is 77.5 Å². The van der Waals surface area contributed by atoms with Gasteiger partial charge in [0.2, 0.25) is 11.8 Å². The van der Waals surface area contributed by atoms with Crippen LogP contribution in [0.15, 0.2) is 41.6 Å². The van der Waals surface area contributed by atoms with Crippen molar-refractivity contribution in [1.29, 1.82) is 0 Å². The molecule has 3 heterocycles. The first-order chi connectivity index (χ1) is 13.5. The molecule has 9 heteroatoms. The van der Waals surface area contributed by atoms with Crippen molar-refractivity contribution in [2.24, 2.45) is 0 Å². The van der Waals surface area contributed by atoms with Crippen molar-refractivity contribution >= 4 is 11.6 Å². The summed E-state index contributed by atoms with van der Waals surface area (Å²) in [4.78, 5) is 38.8. The lowest BCUT2D eigenvalue weighted by molar-refractivity contribution is -0.129. The van der Waals surface area contributed by atoms with Crippen molar-refractivity contribution < 1.29 is 9.53 Å².